The predicted octanol–water partition coefficient (Wildman–Crippen LogP) is 1.79. The normalized spacial score (nSPS) is 10.4. The molecule has 1 amide bonds. The highest BCUT2D eigenvalue weighted by atomic mass is 32.1. The number of aryl methyl sites for hydroxylation is 1. The number of carbonyl (C=O) groups excluding carboxylic acids is 1. The van der Waals surface area contributed by atoms with E-state index in [2.05, 4.69) is 10.3 Å². The zero-order chi connectivity index (χ0) is 18.1. The van der Waals surface area contributed by atoms with Gasteiger partial charge in [-0.25, -0.2) is 9.78 Å². The van der Waals surface area contributed by atoms with Crippen molar-refractivity contribution in [1.29, 1.82) is 0 Å². The van der Waals surface area contributed by atoms with Gasteiger partial charge in [-0.05, 0) is 19.1 Å². The molecule has 2 rings (SSSR count). The number of nitrogens with one attached hydrogen (secondary N) is 1. The largest absolute Gasteiger partial charge is 0.486 e. The smallest absolute Gasteiger partial charge is 0.329 e. The third-order valence-electron chi connectivity index (χ3n) is 3.12. The van der Waals surface area contributed by atoms with Crippen LogP contribution in [0.25, 0.3) is 0 Å². The van der Waals surface area contributed by atoms with Crippen LogP contribution in [0.4, 0.5) is 0 Å². The molecule has 7 nitrogen and oxygen atoms in total. The van der Waals surface area contributed by atoms with Crippen LogP contribution >= 0.6 is 11.3 Å². The summed E-state index contributed by atoms with van der Waals surface area (Å²) < 4.78 is 10.5. The third kappa shape index (κ3) is 7.32. The standard InChI is InChI=1S/C17H20N2O5S/c1-12-2-4-14(5-3-12)24-9-16-19-13(11-25-16)8-15(20)18-6-7-23-10-17(21)22/h2-5,11H,6-10H2,1H3,(H,18,20)(H,21,22). The number of aliphatic carboxylic acids is 1. The summed E-state index contributed by atoms with van der Waals surface area (Å²) in [5.41, 5.74) is 1.85. The van der Waals surface area contributed by atoms with Crippen molar-refractivity contribution in [3.63, 3.8) is 0 Å². The molecule has 0 saturated carbocycles. The molecule has 134 valence electrons. The van der Waals surface area contributed by atoms with Crippen LogP contribution in [0.1, 0.15) is 16.3 Å². The first-order chi connectivity index (χ1) is 12.0. The molecule has 0 fully saturated rings. The number of carboxylic acid groups (broad SMARTS) is 1. The van der Waals surface area contributed by atoms with Crippen LogP contribution in [0.15, 0.2) is 29.6 Å². The molecular formula is C17H20N2O5S. The Labute approximate surface area is 149 Å². The summed E-state index contributed by atoms with van der Waals surface area (Å²) in [5, 5.41) is 13.7. The molecule has 8 heteroatoms. The molecule has 0 radical (unpaired) electrons. The summed E-state index contributed by atoms with van der Waals surface area (Å²) in [5.74, 6) is -0.439. The van der Waals surface area contributed by atoms with Crippen LogP contribution in [0.3, 0.4) is 0 Å². The molecule has 0 aliphatic carbocycles. The van der Waals surface area contributed by atoms with Crippen molar-refractivity contribution >= 4 is 23.2 Å². The van der Waals surface area contributed by atoms with Crippen LogP contribution in [0, 0.1) is 6.92 Å². The molecule has 1 heterocycles. The fraction of sp³-hybridized carbons (Fsp3) is 0.353. The maximum absolute atomic E-state index is 11.8. The van der Waals surface area contributed by atoms with E-state index in [9.17, 15) is 9.59 Å². The summed E-state index contributed by atoms with van der Waals surface area (Å²) >= 11 is 1.44. The first-order valence-electron chi connectivity index (χ1n) is 7.72. The number of hydrogen-bond acceptors (Lipinski definition) is 6. The van der Waals surface area contributed by atoms with Crippen molar-refractivity contribution in [3.05, 3.63) is 45.9 Å². The molecule has 25 heavy (non-hydrogen) atoms. The van der Waals surface area contributed by atoms with Gasteiger partial charge in [0.15, 0.2) is 0 Å². The monoisotopic (exact) mass is 364 g/mol. The molecule has 0 aliphatic heterocycles. The minimum absolute atomic E-state index is 0.157. The number of rotatable bonds is 10. The molecule has 1 aromatic carbocycles. The van der Waals surface area contributed by atoms with E-state index in [1.54, 1.807) is 0 Å². The number of carboxylic acids is 1. The van der Waals surface area contributed by atoms with Gasteiger partial charge >= 0.3 is 5.97 Å². The van der Waals surface area contributed by atoms with Gasteiger partial charge in [0.2, 0.25) is 5.91 Å². The number of thiazole rings is 1. The van der Waals surface area contributed by atoms with Gasteiger partial charge < -0.3 is 19.9 Å². The number of ether oxygens (including phenoxy) is 2. The fourth-order valence-corrected chi connectivity index (χ4v) is 2.63. The second-order valence-electron chi connectivity index (χ2n) is 5.31. The predicted molar refractivity (Wildman–Crippen MR) is 92.8 cm³/mol. The van der Waals surface area contributed by atoms with Crippen molar-refractivity contribution in [2.24, 2.45) is 0 Å². The molecular weight excluding hydrogens is 344 g/mol. The van der Waals surface area contributed by atoms with E-state index in [0.717, 1.165) is 10.8 Å². The number of amides is 1. The Hall–Kier alpha value is -2.45. The molecule has 0 spiro atoms. The number of hydrogen-bond donors (Lipinski definition) is 2. The maximum atomic E-state index is 11.8. The number of benzene rings is 1. The highest BCUT2D eigenvalue weighted by molar-refractivity contribution is 7.09. The van der Waals surface area contributed by atoms with Crippen molar-refractivity contribution in [2.75, 3.05) is 19.8 Å². The fourth-order valence-electron chi connectivity index (χ4n) is 1.93. The van der Waals surface area contributed by atoms with Crippen LogP contribution in [-0.4, -0.2) is 41.7 Å². The lowest BCUT2D eigenvalue weighted by Crippen LogP contribution is -2.29. The van der Waals surface area contributed by atoms with E-state index >= 15 is 0 Å². The van der Waals surface area contributed by atoms with Gasteiger partial charge in [-0.3, -0.25) is 4.79 Å². The van der Waals surface area contributed by atoms with E-state index in [1.807, 2.05) is 36.6 Å². The lowest BCUT2D eigenvalue weighted by molar-refractivity contribution is -0.142. The molecule has 0 aliphatic rings. The van der Waals surface area contributed by atoms with Crippen molar-refractivity contribution in [3.8, 4) is 5.75 Å². The first kappa shape index (κ1) is 18.9. The quantitative estimate of drug-likeness (QED) is 0.624. The Morgan fingerprint density at radius 3 is 2.76 bits per heavy atom. The molecule has 1 aromatic heterocycles. The second-order valence-corrected chi connectivity index (χ2v) is 6.25. The molecule has 0 atom stereocenters. The van der Waals surface area contributed by atoms with Gasteiger partial charge in [0.05, 0.1) is 18.7 Å². The minimum Gasteiger partial charge on any atom is -0.486 e. The maximum Gasteiger partial charge on any atom is 0.329 e. The van der Waals surface area contributed by atoms with E-state index < -0.39 is 5.97 Å². The molecule has 0 saturated heterocycles. The summed E-state index contributed by atoms with van der Waals surface area (Å²) in [6.07, 6.45) is 0.167. The molecule has 2 N–H and O–H groups in total. The SMILES string of the molecule is Cc1ccc(OCc2nc(CC(=O)NCCOCC(=O)O)cs2)cc1. The molecule has 2 aromatic rings. The van der Waals surface area contributed by atoms with Gasteiger partial charge in [0.25, 0.3) is 0 Å². The second kappa shape index (κ2) is 9.75. The van der Waals surface area contributed by atoms with E-state index in [-0.39, 0.29) is 32.1 Å². The Morgan fingerprint density at radius 2 is 2.04 bits per heavy atom. The number of aromatic nitrogens is 1. The summed E-state index contributed by atoms with van der Waals surface area (Å²) in [6.45, 7) is 2.43. The number of nitrogens with zero attached hydrogens (tertiary/aromatic N) is 1. The molecule has 0 unspecified atom stereocenters. The average molecular weight is 364 g/mol. The number of carbonyl (C=O) groups is 2. The minimum atomic E-state index is -1.03. The van der Waals surface area contributed by atoms with E-state index in [1.165, 1.54) is 16.9 Å². The van der Waals surface area contributed by atoms with Gasteiger partial charge in [-0.15, -0.1) is 11.3 Å². The Bertz CT molecular complexity index is 699. The lowest BCUT2D eigenvalue weighted by Gasteiger charge is -2.04. The van der Waals surface area contributed by atoms with Gasteiger partial charge in [0.1, 0.15) is 24.0 Å². The van der Waals surface area contributed by atoms with Crippen LogP contribution in [-0.2, 0) is 27.4 Å². The van der Waals surface area contributed by atoms with Crippen molar-refractivity contribution in [1.82, 2.24) is 10.3 Å². The lowest BCUT2D eigenvalue weighted by atomic mass is 10.2. The molecule has 0 bridgehead atoms. The average Bonchev–Trinajstić information content (AvgIpc) is 3.01. The van der Waals surface area contributed by atoms with Gasteiger partial charge in [0, 0.05) is 11.9 Å². The summed E-state index contributed by atoms with van der Waals surface area (Å²) in [6, 6.07) is 7.77. The van der Waals surface area contributed by atoms with E-state index in [4.69, 9.17) is 14.6 Å². The zero-order valence-corrected chi connectivity index (χ0v) is 14.7. The summed E-state index contributed by atoms with van der Waals surface area (Å²) in [4.78, 5) is 26.4. The van der Waals surface area contributed by atoms with Crippen molar-refractivity contribution in [2.45, 2.75) is 20.0 Å². The zero-order valence-electron chi connectivity index (χ0n) is 13.9. The van der Waals surface area contributed by atoms with Crippen LogP contribution in [0.2, 0.25) is 0 Å². The van der Waals surface area contributed by atoms with Crippen LogP contribution in [0.5, 0.6) is 5.75 Å². The van der Waals surface area contributed by atoms with Gasteiger partial charge in [-0.2, -0.15) is 0 Å². The highest BCUT2D eigenvalue weighted by Gasteiger charge is 2.08. The first-order valence-corrected chi connectivity index (χ1v) is 8.60. The Balaban J connectivity index is 1.68. The van der Waals surface area contributed by atoms with E-state index in [0.29, 0.717) is 12.3 Å². The van der Waals surface area contributed by atoms with Crippen molar-refractivity contribution < 1.29 is 24.2 Å². The topological polar surface area (TPSA) is 97.8 Å². The summed E-state index contributed by atoms with van der Waals surface area (Å²) in [7, 11) is 0. The van der Waals surface area contributed by atoms with Crippen LogP contribution < -0.4 is 10.1 Å². The Kier molecular flexibility index (Phi) is 7.36. The highest BCUT2D eigenvalue weighted by Crippen LogP contribution is 2.16. The van der Waals surface area contributed by atoms with Gasteiger partial charge in [-0.1, -0.05) is 17.7 Å². The third-order valence-corrected chi connectivity index (χ3v) is 3.99. The Morgan fingerprint density at radius 1 is 1.28 bits per heavy atom.